The fourth-order valence-electron chi connectivity index (χ4n) is 2.21. The normalized spacial score (nSPS) is 14.7. The molecule has 1 saturated carbocycles. The summed E-state index contributed by atoms with van der Waals surface area (Å²) in [4.78, 5) is 24.2. The zero-order valence-electron chi connectivity index (χ0n) is 10.8. The molecule has 0 radical (unpaired) electrons. The lowest BCUT2D eigenvalue weighted by atomic mass is 9.91. The highest BCUT2D eigenvalue weighted by atomic mass is 35.5. The average molecular weight is 299 g/mol. The molecule has 1 aliphatic carbocycles. The van der Waals surface area contributed by atoms with Gasteiger partial charge in [-0.2, -0.15) is 0 Å². The molecule has 0 aromatic heterocycles. The van der Waals surface area contributed by atoms with Crippen molar-refractivity contribution in [2.24, 2.45) is 0 Å². The Hall–Kier alpha value is -1.66. The predicted octanol–water partition coefficient (Wildman–Crippen LogP) is 2.24. The summed E-state index contributed by atoms with van der Waals surface area (Å²) in [5.74, 6) is -0.302. The van der Waals surface area contributed by atoms with Crippen LogP contribution in [-0.4, -0.2) is 40.0 Å². The first kappa shape index (κ1) is 14.7. The van der Waals surface area contributed by atoms with Gasteiger partial charge in [-0.1, -0.05) is 11.6 Å². The Morgan fingerprint density at radius 2 is 2.20 bits per heavy atom. The molecule has 1 aliphatic rings. The maximum atomic E-state index is 12.4. The fraction of sp³-hybridized carbons (Fsp3) is 0.462. The first-order chi connectivity index (χ1) is 9.54. The molecule has 0 saturated heterocycles. The second-order valence-corrected chi connectivity index (χ2v) is 5.14. The lowest BCUT2D eigenvalue weighted by molar-refractivity contribution is -0.384. The predicted molar refractivity (Wildman–Crippen MR) is 73.9 cm³/mol. The molecule has 1 amide bonds. The van der Waals surface area contributed by atoms with Crippen molar-refractivity contribution < 1.29 is 14.8 Å². The zero-order chi connectivity index (χ0) is 14.7. The third-order valence-electron chi connectivity index (χ3n) is 3.51. The molecule has 0 spiro atoms. The second kappa shape index (κ2) is 6.19. The lowest BCUT2D eigenvalue weighted by Gasteiger charge is -2.37. The maximum absolute atomic E-state index is 12.4. The van der Waals surface area contributed by atoms with Crippen LogP contribution in [-0.2, 0) is 0 Å². The van der Waals surface area contributed by atoms with Gasteiger partial charge in [0.25, 0.3) is 11.6 Å². The Bertz CT molecular complexity index is 531. The van der Waals surface area contributed by atoms with Crippen molar-refractivity contribution in [3.05, 3.63) is 38.9 Å². The van der Waals surface area contributed by atoms with E-state index in [0.717, 1.165) is 19.3 Å². The van der Waals surface area contributed by atoms with Crippen LogP contribution in [0.4, 0.5) is 5.69 Å². The topological polar surface area (TPSA) is 83.7 Å². The molecule has 108 valence electrons. The fourth-order valence-corrected chi connectivity index (χ4v) is 2.39. The number of rotatable bonds is 5. The summed E-state index contributed by atoms with van der Waals surface area (Å²) >= 11 is 5.73. The number of amides is 1. The molecule has 1 aromatic rings. The number of nitro benzene ring substituents is 1. The smallest absolute Gasteiger partial charge is 0.288 e. The van der Waals surface area contributed by atoms with Gasteiger partial charge in [-0.3, -0.25) is 14.9 Å². The standard InChI is InChI=1S/C13H15ClN2O4/c14-11-5-4-9(8-12(11)16(19)20)13(18)15(6-7-17)10-2-1-3-10/h4-5,8,10,17H,1-3,6-7H2. The highest BCUT2D eigenvalue weighted by Gasteiger charge is 2.29. The van der Waals surface area contributed by atoms with E-state index in [1.54, 1.807) is 4.90 Å². The summed E-state index contributed by atoms with van der Waals surface area (Å²) in [6.45, 7) is 0.109. The maximum Gasteiger partial charge on any atom is 0.288 e. The number of halogens is 1. The zero-order valence-corrected chi connectivity index (χ0v) is 11.5. The number of aliphatic hydroxyl groups is 1. The van der Waals surface area contributed by atoms with Crippen molar-refractivity contribution in [3.8, 4) is 0 Å². The molecule has 0 bridgehead atoms. The largest absolute Gasteiger partial charge is 0.395 e. The number of hydrogen-bond acceptors (Lipinski definition) is 4. The van der Waals surface area contributed by atoms with Crippen LogP contribution < -0.4 is 0 Å². The van der Waals surface area contributed by atoms with Crippen LogP contribution in [0, 0.1) is 10.1 Å². The number of nitrogens with zero attached hydrogens (tertiary/aromatic N) is 2. The van der Waals surface area contributed by atoms with Gasteiger partial charge in [0.15, 0.2) is 0 Å². The van der Waals surface area contributed by atoms with Crippen LogP contribution in [0.5, 0.6) is 0 Å². The van der Waals surface area contributed by atoms with Crippen molar-refractivity contribution in [3.63, 3.8) is 0 Å². The van der Waals surface area contributed by atoms with E-state index in [4.69, 9.17) is 16.7 Å². The van der Waals surface area contributed by atoms with Crippen molar-refractivity contribution in [2.75, 3.05) is 13.2 Å². The second-order valence-electron chi connectivity index (χ2n) is 4.73. The minimum atomic E-state index is -0.612. The Labute approximate surface area is 121 Å². The number of carbonyl (C=O) groups excluding carboxylic acids is 1. The molecule has 1 fully saturated rings. The molecule has 0 heterocycles. The SMILES string of the molecule is O=C(c1ccc(Cl)c([N+](=O)[O-])c1)N(CCO)C1CCC1. The van der Waals surface area contributed by atoms with Crippen molar-refractivity contribution in [1.82, 2.24) is 4.90 Å². The van der Waals surface area contributed by atoms with Gasteiger partial charge in [0.1, 0.15) is 5.02 Å². The highest BCUT2D eigenvalue weighted by molar-refractivity contribution is 6.32. The van der Waals surface area contributed by atoms with Gasteiger partial charge in [0.05, 0.1) is 11.5 Å². The van der Waals surface area contributed by atoms with E-state index < -0.39 is 4.92 Å². The molecule has 1 aromatic carbocycles. The van der Waals surface area contributed by atoms with Gasteiger partial charge in [0.2, 0.25) is 0 Å². The third-order valence-corrected chi connectivity index (χ3v) is 3.83. The molecule has 20 heavy (non-hydrogen) atoms. The molecule has 0 aliphatic heterocycles. The van der Waals surface area contributed by atoms with Crippen LogP contribution in [0.25, 0.3) is 0 Å². The van der Waals surface area contributed by atoms with Gasteiger partial charge >= 0.3 is 0 Å². The van der Waals surface area contributed by atoms with Gasteiger partial charge in [-0.15, -0.1) is 0 Å². The molecule has 2 rings (SSSR count). The number of aliphatic hydroxyl groups excluding tert-OH is 1. The Kier molecular flexibility index (Phi) is 4.57. The van der Waals surface area contributed by atoms with Gasteiger partial charge in [-0.05, 0) is 31.4 Å². The molecule has 0 unspecified atom stereocenters. The van der Waals surface area contributed by atoms with Gasteiger partial charge < -0.3 is 10.0 Å². The van der Waals surface area contributed by atoms with Crippen LogP contribution in [0.3, 0.4) is 0 Å². The van der Waals surface area contributed by atoms with E-state index >= 15 is 0 Å². The van der Waals surface area contributed by atoms with Crippen LogP contribution in [0.15, 0.2) is 18.2 Å². The summed E-state index contributed by atoms with van der Waals surface area (Å²) in [5.41, 5.74) is -0.0588. The van der Waals surface area contributed by atoms with Crippen LogP contribution >= 0.6 is 11.6 Å². The van der Waals surface area contributed by atoms with Gasteiger partial charge in [-0.25, -0.2) is 0 Å². The van der Waals surface area contributed by atoms with Crippen molar-refractivity contribution in [1.29, 1.82) is 0 Å². The number of benzene rings is 1. The molecule has 7 heteroatoms. The van der Waals surface area contributed by atoms with E-state index in [1.165, 1.54) is 18.2 Å². The van der Waals surface area contributed by atoms with E-state index in [-0.39, 0.29) is 41.4 Å². The monoisotopic (exact) mass is 298 g/mol. The van der Waals surface area contributed by atoms with E-state index in [9.17, 15) is 14.9 Å². The summed E-state index contributed by atoms with van der Waals surface area (Å²) in [5, 5.41) is 19.9. The highest BCUT2D eigenvalue weighted by Crippen LogP contribution is 2.29. The van der Waals surface area contributed by atoms with Crippen LogP contribution in [0.1, 0.15) is 29.6 Å². The number of carbonyl (C=O) groups is 1. The van der Waals surface area contributed by atoms with Crippen molar-refractivity contribution >= 4 is 23.2 Å². The van der Waals surface area contributed by atoms with E-state index in [0.29, 0.717) is 0 Å². The van der Waals surface area contributed by atoms with E-state index in [1.807, 2.05) is 0 Å². The summed E-state index contributed by atoms with van der Waals surface area (Å²) in [6, 6.07) is 4.13. The quantitative estimate of drug-likeness (QED) is 0.667. The minimum Gasteiger partial charge on any atom is -0.395 e. The Morgan fingerprint density at radius 3 is 2.70 bits per heavy atom. The third kappa shape index (κ3) is 2.91. The summed E-state index contributed by atoms with van der Waals surface area (Å²) < 4.78 is 0. The van der Waals surface area contributed by atoms with E-state index in [2.05, 4.69) is 0 Å². The minimum absolute atomic E-state index is 0.00361. The Balaban J connectivity index is 2.26. The summed E-state index contributed by atoms with van der Waals surface area (Å²) in [7, 11) is 0. The summed E-state index contributed by atoms with van der Waals surface area (Å²) in [6.07, 6.45) is 2.86. The first-order valence-corrected chi connectivity index (χ1v) is 6.78. The Morgan fingerprint density at radius 1 is 1.50 bits per heavy atom. The van der Waals surface area contributed by atoms with Crippen molar-refractivity contribution in [2.45, 2.75) is 25.3 Å². The van der Waals surface area contributed by atoms with Gasteiger partial charge in [0, 0.05) is 24.2 Å². The van der Waals surface area contributed by atoms with Crippen LogP contribution in [0.2, 0.25) is 5.02 Å². The molecular weight excluding hydrogens is 284 g/mol. The lowest BCUT2D eigenvalue weighted by Crippen LogP contribution is -2.45. The molecule has 1 N–H and O–H groups in total. The number of hydrogen-bond donors (Lipinski definition) is 1. The molecular formula is C13H15ClN2O4. The average Bonchev–Trinajstić information content (AvgIpc) is 2.35. The first-order valence-electron chi connectivity index (χ1n) is 6.40. The molecule has 0 atom stereocenters. The molecule has 6 nitrogen and oxygen atoms in total. The number of nitro groups is 1.